The number of hydrogen-bond acceptors (Lipinski definition) is 4. The summed E-state index contributed by atoms with van der Waals surface area (Å²) in [5.41, 5.74) is 3.31. The molecule has 0 saturated carbocycles. The van der Waals surface area contributed by atoms with Gasteiger partial charge in [-0.15, -0.1) is 0 Å². The van der Waals surface area contributed by atoms with Crippen LogP contribution in [-0.4, -0.2) is 50.5 Å². The first kappa shape index (κ1) is 15.4. The number of likely N-dealkylation sites (tertiary alicyclic amines) is 1. The van der Waals surface area contributed by atoms with E-state index in [1.165, 1.54) is 11.1 Å². The van der Waals surface area contributed by atoms with Gasteiger partial charge in [0.1, 0.15) is 5.69 Å². The van der Waals surface area contributed by atoms with Crippen LogP contribution in [0.3, 0.4) is 0 Å². The summed E-state index contributed by atoms with van der Waals surface area (Å²) in [7, 11) is 0. The smallest absolute Gasteiger partial charge is 0.354 e. The minimum absolute atomic E-state index is 0.140. The van der Waals surface area contributed by atoms with Crippen molar-refractivity contribution in [2.45, 2.75) is 37.3 Å². The standard InChI is InChI=1S/C18H21N3O3/c22-15-9-12-3-1-2-4-14(12)18(15)5-7-21(8-6-18)11-13-10-19-20-16(13)17(23)24/h1-4,10,15,22H,5-9,11H2,(H,19,20)(H,23,24). The number of hydrogen-bond donors (Lipinski definition) is 3. The Morgan fingerprint density at radius 1 is 1.33 bits per heavy atom. The number of aliphatic hydroxyl groups is 1. The molecule has 126 valence electrons. The number of aromatic carboxylic acids is 1. The topological polar surface area (TPSA) is 89.4 Å². The van der Waals surface area contributed by atoms with Crippen molar-refractivity contribution in [2.75, 3.05) is 13.1 Å². The van der Waals surface area contributed by atoms with Crippen LogP contribution in [0.4, 0.5) is 0 Å². The van der Waals surface area contributed by atoms with Crippen molar-refractivity contribution < 1.29 is 15.0 Å². The molecule has 3 N–H and O–H groups in total. The zero-order chi connectivity index (χ0) is 16.7. The lowest BCUT2D eigenvalue weighted by Gasteiger charge is -2.42. The highest BCUT2D eigenvalue weighted by molar-refractivity contribution is 5.86. The fourth-order valence-corrected chi connectivity index (χ4v) is 4.34. The van der Waals surface area contributed by atoms with Gasteiger partial charge in [-0.3, -0.25) is 10.00 Å². The summed E-state index contributed by atoms with van der Waals surface area (Å²) in [5.74, 6) is -0.976. The van der Waals surface area contributed by atoms with Gasteiger partial charge >= 0.3 is 5.97 Å². The molecule has 24 heavy (non-hydrogen) atoms. The van der Waals surface area contributed by atoms with Crippen molar-refractivity contribution in [2.24, 2.45) is 0 Å². The minimum atomic E-state index is -0.976. The second kappa shape index (κ2) is 5.72. The molecule has 1 unspecified atom stereocenters. The van der Waals surface area contributed by atoms with Gasteiger partial charge in [-0.25, -0.2) is 4.79 Å². The lowest BCUT2D eigenvalue weighted by atomic mass is 9.72. The summed E-state index contributed by atoms with van der Waals surface area (Å²) >= 11 is 0. The first-order valence-corrected chi connectivity index (χ1v) is 8.34. The molecule has 1 aliphatic heterocycles. The second-order valence-corrected chi connectivity index (χ2v) is 6.88. The highest BCUT2D eigenvalue weighted by Gasteiger charge is 2.47. The van der Waals surface area contributed by atoms with E-state index in [0.29, 0.717) is 12.1 Å². The fraction of sp³-hybridized carbons (Fsp3) is 0.444. The van der Waals surface area contributed by atoms with Crippen molar-refractivity contribution in [1.82, 2.24) is 15.1 Å². The van der Waals surface area contributed by atoms with Crippen molar-refractivity contribution in [3.63, 3.8) is 0 Å². The van der Waals surface area contributed by atoms with Gasteiger partial charge in [0.15, 0.2) is 0 Å². The Bertz CT molecular complexity index is 762. The number of carbonyl (C=O) groups is 1. The van der Waals surface area contributed by atoms with Crippen LogP contribution < -0.4 is 0 Å². The van der Waals surface area contributed by atoms with E-state index in [9.17, 15) is 15.0 Å². The van der Waals surface area contributed by atoms with E-state index in [1.807, 2.05) is 6.07 Å². The number of aromatic amines is 1. The van der Waals surface area contributed by atoms with Crippen molar-refractivity contribution in [1.29, 1.82) is 0 Å². The molecule has 1 atom stereocenters. The monoisotopic (exact) mass is 327 g/mol. The van der Waals surface area contributed by atoms with Gasteiger partial charge in [0.25, 0.3) is 0 Å². The van der Waals surface area contributed by atoms with Crippen LogP contribution >= 0.6 is 0 Å². The number of nitrogens with zero attached hydrogens (tertiary/aromatic N) is 2. The average Bonchev–Trinajstić information content (AvgIpc) is 3.14. The van der Waals surface area contributed by atoms with Gasteiger partial charge in [0.2, 0.25) is 0 Å². The molecule has 1 aromatic heterocycles. The van der Waals surface area contributed by atoms with Crippen LogP contribution in [0.25, 0.3) is 0 Å². The Morgan fingerprint density at radius 3 is 2.83 bits per heavy atom. The second-order valence-electron chi connectivity index (χ2n) is 6.88. The summed E-state index contributed by atoms with van der Waals surface area (Å²) in [5, 5.41) is 26.2. The van der Waals surface area contributed by atoms with Crippen LogP contribution in [0, 0.1) is 0 Å². The maximum atomic E-state index is 11.2. The number of aliphatic hydroxyl groups excluding tert-OH is 1. The lowest BCUT2D eigenvalue weighted by molar-refractivity contribution is 0.0412. The molecule has 2 heterocycles. The Morgan fingerprint density at radius 2 is 2.08 bits per heavy atom. The van der Waals surface area contributed by atoms with E-state index in [1.54, 1.807) is 6.20 Å². The molecular formula is C18H21N3O3. The molecular weight excluding hydrogens is 306 g/mol. The van der Waals surface area contributed by atoms with Gasteiger partial charge in [0.05, 0.1) is 12.3 Å². The van der Waals surface area contributed by atoms with Crippen LogP contribution in [0.15, 0.2) is 30.5 Å². The Hall–Kier alpha value is -2.18. The Labute approximate surface area is 140 Å². The summed E-state index contributed by atoms with van der Waals surface area (Å²) < 4.78 is 0. The molecule has 4 rings (SSSR count). The summed E-state index contributed by atoms with van der Waals surface area (Å²) in [6.07, 6.45) is 3.80. The third kappa shape index (κ3) is 2.34. The molecule has 2 aliphatic rings. The number of nitrogens with one attached hydrogen (secondary N) is 1. The number of carboxylic acid groups (broad SMARTS) is 1. The van der Waals surface area contributed by atoms with Gasteiger partial charge in [-0.05, 0) is 43.5 Å². The highest BCUT2D eigenvalue weighted by atomic mass is 16.4. The molecule has 0 bridgehead atoms. The third-order valence-electron chi connectivity index (χ3n) is 5.68. The van der Waals surface area contributed by atoms with Gasteiger partial charge in [-0.1, -0.05) is 24.3 Å². The molecule has 1 aliphatic carbocycles. The molecule has 1 fully saturated rings. The van der Waals surface area contributed by atoms with E-state index in [0.717, 1.165) is 32.4 Å². The number of carboxylic acids is 1. The minimum Gasteiger partial charge on any atom is -0.477 e. The first-order chi connectivity index (χ1) is 11.6. The number of benzene rings is 1. The van der Waals surface area contributed by atoms with E-state index >= 15 is 0 Å². The van der Waals surface area contributed by atoms with Crippen LogP contribution in [0.1, 0.15) is 40.0 Å². The normalized spacial score (nSPS) is 22.6. The summed E-state index contributed by atoms with van der Waals surface area (Å²) in [6, 6.07) is 8.35. The molecule has 6 heteroatoms. The Kier molecular flexibility index (Phi) is 3.66. The molecule has 1 spiro atoms. The largest absolute Gasteiger partial charge is 0.477 e. The van der Waals surface area contributed by atoms with Gasteiger partial charge < -0.3 is 10.2 Å². The number of piperidine rings is 1. The van der Waals surface area contributed by atoms with Crippen LogP contribution in [0.5, 0.6) is 0 Å². The van der Waals surface area contributed by atoms with E-state index in [-0.39, 0.29) is 17.2 Å². The van der Waals surface area contributed by atoms with E-state index in [4.69, 9.17) is 0 Å². The van der Waals surface area contributed by atoms with Gasteiger partial charge in [-0.2, -0.15) is 5.10 Å². The van der Waals surface area contributed by atoms with Gasteiger partial charge in [0, 0.05) is 17.5 Å². The van der Waals surface area contributed by atoms with Crippen molar-refractivity contribution in [3.05, 3.63) is 52.8 Å². The van der Waals surface area contributed by atoms with Crippen molar-refractivity contribution >= 4 is 5.97 Å². The maximum absolute atomic E-state index is 11.2. The predicted octanol–water partition coefficient (Wildman–Crippen LogP) is 1.56. The van der Waals surface area contributed by atoms with E-state index in [2.05, 4.69) is 33.3 Å². The predicted molar refractivity (Wildman–Crippen MR) is 87.9 cm³/mol. The quantitative estimate of drug-likeness (QED) is 0.796. The zero-order valence-corrected chi connectivity index (χ0v) is 13.4. The molecule has 6 nitrogen and oxygen atoms in total. The van der Waals surface area contributed by atoms with E-state index < -0.39 is 5.97 Å². The Balaban J connectivity index is 1.49. The number of H-pyrrole nitrogens is 1. The molecule has 0 amide bonds. The molecule has 0 radical (unpaired) electrons. The molecule has 2 aromatic rings. The number of fused-ring (bicyclic) bond motifs is 2. The molecule has 1 saturated heterocycles. The summed E-state index contributed by atoms with van der Waals surface area (Å²) in [4.78, 5) is 13.4. The van der Waals surface area contributed by atoms with Crippen molar-refractivity contribution in [3.8, 4) is 0 Å². The molecule has 1 aromatic carbocycles. The van der Waals surface area contributed by atoms with Crippen LogP contribution in [-0.2, 0) is 18.4 Å². The number of aromatic nitrogens is 2. The third-order valence-corrected chi connectivity index (χ3v) is 5.68. The summed E-state index contributed by atoms with van der Waals surface area (Å²) in [6.45, 7) is 2.26. The SMILES string of the molecule is O=C(O)c1[nH]ncc1CN1CCC2(CC1)c1ccccc1CC2O. The lowest BCUT2D eigenvalue weighted by Crippen LogP contribution is -2.47. The zero-order valence-electron chi connectivity index (χ0n) is 13.4. The maximum Gasteiger partial charge on any atom is 0.354 e. The first-order valence-electron chi connectivity index (χ1n) is 8.34. The average molecular weight is 327 g/mol. The fourth-order valence-electron chi connectivity index (χ4n) is 4.34. The highest BCUT2D eigenvalue weighted by Crippen LogP contribution is 2.46. The number of rotatable bonds is 3. The van der Waals surface area contributed by atoms with Crippen LogP contribution in [0.2, 0.25) is 0 Å².